The zero-order valence-electron chi connectivity index (χ0n) is 12.9. The Morgan fingerprint density at radius 1 is 1.16 bits per heavy atom. The summed E-state index contributed by atoms with van der Waals surface area (Å²) in [6.07, 6.45) is 6.72. The topological polar surface area (TPSA) is 21.3 Å². The van der Waals surface area contributed by atoms with Gasteiger partial charge in [-0.15, -0.1) is 0 Å². The molecule has 3 heteroatoms. The van der Waals surface area contributed by atoms with Gasteiger partial charge in [0, 0.05) is 29.8 Å². The van der Waals surface area contributed by atoms with E-state index in [1.807, 2.05) is 0 Å². The van der Waals surface area contributed by atoms with Crippen molar-refractivity contribution in [1.82, 2.24) is 5.32 Å². The minimum atomic E-state index is 0.743. The van der Waals surface area contributed by atoms with Crippen molar-refractivity contribution in [2.24, 2.45) is 11.8 Å². The summed E-state index contributed by atoms with van der Waals surface area (Å²) in [5.74, 6) is 1.78. The van der Waals surface area contributed by atoms with Gasteiger partial charge in [0.05, 0.1) is 0 Å². The van der Waals surface area contributed by atoms with Gasteiger partial charge in [0.15, 0.2) is 0 Å². The van der Waals surface area contributed by atoms with Crippen LogP contribution < -0.4 is 5.32 Å². The molecule has 0 aromatic carbocycles. The van der Waals surface area contributed by atoms with E-state index >= 15 is 0 Å². The second-order valence-corrected chi connectivity index (χ2v) is 8.01. The van der Waals surface area contributed by atoms with E-state index in [4.69, 9.17) is 4.74 Å². The van der Waals surface area contributed by atoms with Gasteiger partial charge in [-0.1, -0.05) is 20.8 Å². The van der Waals surface area contributed by atoms with E-state index in [9.17, 15) is 0 Å². The Morgan fingerprint density at radius 3 is 2.53 bits per heavy atom. The van der Waals surface area contributed by atoms with Crippen LogP contribution in [0.1, 0.15) is 52.9 Å². The van der Waals surface area contributed by atoms with E-state index in [0.717, 1.165) is 48.1 Å². The summed E-state index contributed by atoms with van der Waals surface area (Å²) < 4.78 is 5.49. The van der Waals surface area contributed by atoms with Crippen molar-refractivity contribution in [3.05, 3.63) is 0 Å². The fourth-order valence-electron chi connectivity index (χ4n) is 3.47. The Balaban J connectivity index is 1.90. The predicted octanol–water partition coefficient (Wildman–Crippen LogP) is 3.70. The predicted molar refractivity (Wildman–Crippen MR) is 84.9 cm³/mol. The summed E-state index contributed by atoms with van der Waals surface area (Å²) in [5.41, 5.74) is 0. The first-order chi connectivity index (χ1) is 9.20. The lowest BCUT2D eigenvalue weighted by Crippen LogP contribution is -2.44. The van der Waals surface area contributed by atoms with Crippen LogP contribution in [0.25, 0.3) is 0 Å². The minimum absolute atomic E-state index is 0.743. The van der Waals surface area contributed by atoms with E-state index < -0.39 is 0 Å². The monoisotopic (exact) mass is 285 g/mol. The average Bonchev–Trinajstić information content (AvgIpc) is 2.42. The van der Waals surface area contributed by atoms with Crippen LogP contribution in [-0.4, -0.2) is 36.3 Å². The summed E-state index contributed by atoms with van der Waals surface area (Å²) in [6, 6.07) is 0.743. The smallest absolute Gasteiger partial charge is 0.0476 e. The van der Waals surface area contributed by atoms with Gasteiger partial charge in [-0.05, 0) is 50.5 Å². The van der Waals surface area contributed by atoms with Gasteiger partial charge in [0.2, 0.25) is 0 Å². The third-order valence-electron chi connectivity index (χ3n) is 4.78. The zero-order valence-corrected chi connectivity index (χ0v) is 13.7. The van der Waals surface area contributed by atoms with Crippen LogP contribution in [0.15, 0.2) is 0 Å². The molecular formula is C16H31NOS. The fraction of sp³-hybridized carbons (Fsp3) is 1.00. The van der Waals surface area contributed by atoms with Crippen LogP contribution in [0, 0.1) is 11.8 Å². The summed E-state index contributed by atoms with van der Waals surface area (Å²) in [4.78, 5) is 0. The Kier molecular flexibility index (Phi) is 6.51. The van der Waals surface area contributed by atoms with Crippen LogP contribution in [0.4, 0.5) is 0 Å². The number of nitrogens with one attached hydrogen (secondary N) is 1. The highest BCUT2D eigenvalue weighted by Crippen LogP contribution is 2.39. The average molecular weight is 285 g/mol. The van der Waals surface area contributed by atoms with Crippen LogP contribution >= 0.6 is 11.8 Å². The summed E-state index contributed by atoms with van der Waals surface area (Å²) in [7, 11) is 0. The molecule has 1 aliphatic heterocycles. The molecule has 1 aliphatic carbocycles. The highest BCUT2D eigenvalue weighted by atomic mass is 32.2. The quantitative estimate of drug-likeness (QED) is 0.832. The van der Waals surface area contributed by atoms with Crippen molar-refractivity contribution < 1.29 is 4.74 Å². The van der Waals surface area contributed by atoms with E-state index in [-0.39, 0.29) is 0 Å². The maximum Gasteiger partial charge on any atom is 0.0476 e. The molecule has 0 spiro atoms. The highest BCUT2D eigenvalue weighted by Gasteiger charge is 2.33. The maximum absolute atomic E-state index is 5.49. The van der Waals surface area contributed by atoms with Gasteiger partial charge in [-0.3, -0.25) is 0 Å². The van der Waals surface area contributed by atoms with Gasteiger partial charge < -0.3 is 10.1 Å². The van der Waals surface area contributed by atoms with Gasteiger partial charge in [-0.25, -0.2) is 0 Å². The number of hydrogen-bond acceptors (Lipinski definition) is 3. The lowest BCUT2D eigenvalue weighted by molar-refractivity contribution is 0.0997. The number of thioether (sulfide) groups is 1. The van der Waals surface area contributed by atoms with E-state index in [1.54, 1.807) is 0 Å². The molecule has 1 N–H and O–H groups in total. The molecule has 1 saturated heterocycles. The Labute approximate surface area is 123 Å². The lowest BCUT2D eigenvalue weighted by atomic mass is 9.79. The molecule has 0 aromatic heterocycles. The number of hydrogen-bond donors (Lipinski definition) is 1. The summed E-state index contributed by atoms with van der Waals surface area (Å²) in [6.45, 7) is 10.1. The number of rotatable bonds is 5. The van der Waals surface area contributed by atoms with Crippen molar-refractivity contribution in [1.29, 1.82) is 0 Å². The van der Waals surface area contributed by atoms with Crippen molar-refractivity contribution >= 4 is 11.8 Å². The largest absolute Gasteiger partial charge is 0.381 e. The molecule has 112 valence electrons. The molecule has 0 amide bonds. The molecule has 2 aliphatic rings. The Hall–Kier alpha value is 0.270. The van der Waals surface area contributed by atoms with Crippen molar-refractivity contribution in [3.8, 4) is 0 Å². The van der Waals surface area contributed by atoms with Gasteiger partial charge in [0.1, 0.15) is 0 Å². The Morgan fingerprint density at radius 2 is 1.89 bits per heavy atom. The van der Waals surface area contributed by atoms with Crippen LogP contribution in [-0.2, 0) is 4.74 Å². The second-order valence-electron chi connectivity index (χ2n) is 6.47. The standard InChI is InChI=1S/C16H31NOS/c1-4-17-15-6-5-13(12(2)3)11-16(15)19-14-7-9-18-10-8-14/h12-17H,4-11H2,1-3H3. The third-order valence-corrected chi connectivity index (χ3v) is 6.50. The zero-order chi connectivity index (χ0) is 13.7. The molecular weight excluding hydrogens is 254 g/mol. The van der Waals surface area contributed by atoms with Gasteiger partial charge in [-0.2, -0.15) is 11.8 Å². The molecule has 1 saturated carbocycles. The van der Waals surface area contributed by atoms with E-state index in [0.29, 0.717) is 0 Å². The molecule has 2 fully saturated rings. The summed E-state index contributed by atoms with van der Waals surface area (Å²) >= 11 is 2.27. The van der Waals surface area contributed by atoms with E-state index in [1.165, 1.54) is 32.1 Å². The van der Waals surface area contributed by atoms with Gasteiger partial charge in [0.25, 0.3) is 0 Å². The van der Waals surface area contributed by atoms with Crippen LogP contribution in [0.3, 0.4) is 0 Å². The third kappa shape index (κ3) is 4.64. The molecule has 3 unspecified atom stereocenters. The Bertz CT molecular complexity index is 253. The molecule has 19 heavy (non-hydrogen) atoms. The molecule has 0 radical (unpaired) electrons. The first kappa shape index (κ1) is 15.7. The molecule has 2 nitrogen and oxygen atoms in total. The number of ether oxygens (including phenoxy) is 1. The van der Waals surface area contributed by atoms with E-state index in [2.05, 4.69) is 37.8 Å². The molecule has 2 rings (SSSR count). The maximum atomic E-state index is 5.49. The molecule has 0 aromatic rings. The fourth-order valence-corrected chi connectivity index (χ4v) is 5.21. The second kappa shape index (κ2) is 7.90. The SMILES string of the molecule is CCNC1CCC(C(C)C)CC1SC1CCOCC1. The highest BCUT2D eigenvalue weighted by molar-refractivity contribution is 8.00. The van der Waals surface area contributed by atoms with Crippen molar-refractivity contribution in [2.75, 3.05) is 19.8 Å². The van der Waals surface area contributed by atoms with Crippen molar-refractivity contribution in [2.45, 2.75) is 69.4 Å². The molecule has 1 heterocycles. The van der Waals surface area contributed by atoms with Gasteiger partial charge >= 0.3 is 0 Å². The lowest BCUT2D eigenvalue weighted by Gasteiger charge is -2.40. The van der Waals surface area contributed by atoms with Crippen LogP contribution in [0.2, 0.25) is 0 Å². The van der Waals surface area contributed by atoms with Crippen molar-refractivity contribution in [3.63, 3.8) is 0 Å². The first-order valence-corrected chi connectivity index (χ1v) is 9.11. The van der Waals surface area contributed by atoms with Crippen LogP contribution in [0.5, 0.6) is 0 Å². The molecule has 0 bridgehead atoms. The molecule has 3 atom stereocenters. The first-order valence-electron chi connectivity index (χ1n) is 8.17. The minimum Gasteiger partial charge on any atom is -0.381 e. The summed E-state index contributed by atoms with van der Waals surface area (Å²) in [5, 5.41) is 5.39. The normalized spacial score (nSPS) is 33.8.